The van der Waals surface area contributed by atoms with Gasteiger partial charge in [-0.2, -0.15) is 0 Å². The number of hydrogen-bond donors (Lipinski definition) is 8. The summed E-state index contributed by atoms with van der Waals surface area (Å²) in [5.41, 5.74) is 23.2. The third-order valence-corrected chi connectivity index (χ3v) is 7.02. The first-order chi connectivity index (χ1) is 20.9. The summed E-state index contributed by atoms with van der Waals surface area (Å²) in [6.07, 6.45) is 3.03. The number of carbonyl (C=O) groups is 6. The van der Waals surface area contributed by atoms with Gasteiger partial charge in [-0.3, -0.25) is 24.0 Å². The van der Waals surface area contributed by atoms with Crippen molar-refractivity contribution in [2.24, 2.45) is 28.9 Å². The van der Waals surface area contributed by atoms with Gasteiger partial charge in [0.25, 0.3) is 0 Å². The van der Waals surface area contributed by atoms with Crippen LogP contribution in [-0.4, -0.2) is 79.1 Å². The molecular weight excluding hydrogens is 568 g/mol. The van der Waals surface area contributed by atoms with Crippen LogP contribution in [0.2, 0.25) is 0 Å². The van der Waals surface area contributed by atoms with Crippen molar-refractivity contribution in [3.63, 3.8) is 0 Å². The molecule has 44 heavy (non-hydrogen) atoms. The molecule has 0 heterocycles. The van der Waals surface area contributed by atoms with Crippen LogP contribution in [0.15, 0.2) is 30.3 Å². The van der Waals surface area contributed by atoms with Gasteiger partial charge in [-0.25, -0.2) is 0 Å². The molecule has 0 aliphatic carbocycles. The van der Waals surface area contributed by atoms with E-state index in [9.17, 15) is 28.8 Å². The summed E-state index contributed by atoms with van der Waals surface area (Å²) in [7, 11) is 0. The van der Waals surface area contributed by atoms with E-state index in [2.05, 4.69) is 21.3 Å². The molecule has 0 aliphatic heterocycles. The van der Waals surface area contributed by atoms with Crippen molar-refractivity contribution in [3.8, 4) is 0 Å². The van der Waals surface area contributed by atoms with Crippen LogP contribution in [0.5, 0.6) is 0 Å². The molecular formula is C30H50N8O6. The number of amides is 5. The predicted octanol–water partition coefficient (Wildman–Crippen LogP) is -1.52. The molecule has 0 bridgehead atoms. The van der Waals surface area contributed by atoms with Crippen molar-refractivity contribution in [3.05, 3.63) is 35.9 Å². The van der Waals surface area contributed by atoms with E-state index in [1.54, 1.807) is 44.2 Å². The van der Waals surface area contributed by atoms with Crippen LogP contribution in [0.3, 0.4) is 0 Å². The zero-order chi connectivity index (χ0) is 33.1. The van der Waals surface area contributed by atoms with Crippen molar-refractivity contribution in [1.29, 1.82) is 0 Å². The largest absolute Gasteiger partial charge is 0.370 e. The van der Waals surface area contributed by atoms with Gasteiger partial charge >= 0.3 is 0 Å². The van der Waals surface area contributed by atoms with Crippen LogP contribution in [0, 0.1) is 5.92 Å². The summed E-state index contributed by atoms with van der Waals surface area (Å²) in [4.78, 5) is 76.2. The molecule has 0 aromatic heterocycles. The summed E-state index contributed by atoms with van der Waals surface area (Å²) in [6.45, 7) is 4.39. The van der Waals surface area contributed by atoms with E-state index in [-0.39, 0.29) is 18.8 Å². The molecule has 5 amide bonds. The molecule has 1 rings (SSSR count). The van der Waals surface area contributed by atoms with Gasteiger partial charge < -0.3 is 49.0 Å². The highest BCUT2D eigenvalue weighted by atomic mass is 16.2. The maximum absolute atomic E-state index is 13.6. The van der Waals surface area contributed by atoms with Gasteiger partial charge in [0.05, 0.1) is 18.5 Å². The highest BCUT2D eigenvalue weighted by molar-refractivity contribution is 5.96. The first-order valence-corrected chi connectivity index (χ1v) is 15.1. The number of primary amides is 1. The van der Waals surface area contributed by atoms with Gasteiger partial charge in [0.15, 0.2) is 0 Å². The Labute approximate surface area is 259 Å². The normalized spacial score (nSPS) is 14.4. The number of unbranched alkanes of at least 4 members (excludes halogenated alkanes) is 2. The number of nitrogens with two attached hydrogens (primary N) is 4. The first-order valence-electron chi connectivity index (χ1n) is 15.1. The van der Waals surface area contributed by atoms with Gasteiger partial charge in [-0.15, -0.1) is 0 Å². The van der Waals surface area contributed by atoms with E-state index < -0.39 is 66.2 Å². The predicted molar refractivity (Wildman–Crippen MR) is 166 cm³/mol. The fourth-order valence-corrected chi connectivity index (χ4v) is 4.31. The lowest BCUT2D eigenvalue weighted by Crippen LogP contribution is -2.59. The van der Waals surface area contributed by atoms with Crippen molar-refractivity contribution in [2.45, 2.75) is 95.4 Å². The third kappa shape index (κ3) is 14.5. The summed E-state index contributed by atoms with van der Waals surface area (Å²) < 4.78 is 0. The van der Waals surface area contributed by atoms with Crippen LogP contribution in [0.25, 0.3) is 0 Å². The smallest absolute Gasteiger partial charge is 0.243 e. The zero-order valence-corrected chi connectivity index (χ0v) is 25.8. The van der Waals surface area contributed by atoms with Crippen LogP contribution in [-0.2, 0) is 35.2 Å². The average molecular weight is 619 g/mol. The Morgan fingerprint density at radius 2 is 1.25 bits per heavy atom. The molecule has 0 aliphatic rings. The summed E-state index contributed by atoms with van der Waals surface area (Å²) in [6, 6.07) is 3.54. The van der Waals surface area contributed by atoms with Gasteiger partial charge in [-0.05, 0) is 63.1 Å². The number of hydrogen-bond acceptors (Lipinski definition) is 9. The van der Waals surface area contributed by atoms with E-state index >= 15 is 0 Å². The lowest BCUT2D eigenvalue weighted by molar-refractivity contribution is -0.135. The molecule has 0 spiro atoms. The lowest BCUT2D eigenvalue weighted by atomic mass is 10.0. The molecule has 0 saturated heterocycles. The van der Waals surface area contributed by atoms with Gasteiger partial charge in [0.1, 0.15) is 24.4 Å². The monoisotopic (exact) mass is 618 g/mol. The van der Waals surface area contributed by atoms with E-state index in [1.165, 1.54) is 0 Å². The second-order valence-electron chi connectivity index (χ2n) is 11.1. The molecule has 0 radical (unpaired) electrons. The molecule has 1 aromatic carbocycles. The Kier molecular flexibility index (Phi) is 18.1. The molecule has 0 unspecified atom stereocenters. The standard InChI is InChI=1S/C30H50N8O6/c1-19(2)26(34)30(44)36-22(13-7-9-15-32)27(41)37-23(16-20-10-4-3-5-11-20)29(43)38-24(17-25(33)40)28(42)35-21(18-39)12-6-8-14-31/h3-5,10-11,18-19,21-24,26H,6-9,12-17,31-32,34H2,1-2H3,(H2,33,40)(H,35,42)(H,36,44)(H,37,41)(H,38,43)/t21-,22-,23-,24-,26-/m0/s1. The highest BCUT2D eigenvalue weighted by Gasteiger charge is 2.32. The summed E-state index contributed by atoms with van der Waals surface area (Å²) in [5.74, 6) is -3.71. The van der Waals surface area contributed by atoms with E-state index in [0.29, 0.717) is 57.0 Å². The minimum absolute atomic E-state index is 0.0361. The van der Waals surface area contributed by atoms with E-state index in [0.717, 1.165) is 0 Å². The summed E-state index contributed by atoms with van der Waals surface area (Å²) in [5, 5.41) is 10.4. The number of nitrogens with one attached hydrogen (secondary N) is 4. The Hall–Kier alpha value is -3.88. The molecule has 0 fully saturated rings. The van der Waals surface area contributed by atoms with Crippen molar-refractivity contribution in [1.82, 2.24) is 21.3 Å². The molecule has 246 valence electrons. The third-order valence-electron chi connectivity index (χ3n) is 7.02. The fourth-order valence-electron chi connectivity index (χ4n) is 4.31. The molecule has 14 nitrogen and oxygen atoms in total. The molecule has 14 heteroatoms. The lowest BCUT2D eigenvalue weighted by Gasteiger charge is -2.26. The van der Waals surface area contributed by atoms with Crippen LogP contribution in [0.1, 0.15) is 64.4 Å². The maximum Gasteiger partial charge on any atom is 0.243 e. The Balaban J connectivity index is 3.22. The maximum atomic E-state index is 13.6. The van der Waals surface area contributed by atoms with Gasteiger partial charge in [-0.1, -0.05) is 44.2 Å². The number of rotatable bonds is 22. The quantitative estimate of drug-likeness (QED) is 0.0554. The second-order valence-corrected chi connectivity index (χ2v) is 11.1. The second kappa shape index (κ2) is 20.9. The van der Waals surface area contributed by atoms with Crippen LogP contribution in [0.4, 0.5) is 0 Å². The van der Waals surface area contributed by atoms with Crippen LogP contribution < -0.4 is 44.2 Å². The number of benzene rings is 1. The van der Waals surface area contributed by atoms with Crippen molar-refractivity contribution in [2.75, 3.05) is 13.1 Å². The minimum atomic E-state index is -1.41. The Morgan fingerprint density at radius 1 is 0.727 bits per heavy atom. The van der Waals surface area contributed by atoms with Crippen LogP contribution >= 0.6 is 0 Å². The number of carbonyl (C=O) groups excluding carboxylic acids is 6. The Bertz CT molecular complexity index is 1070. The van der Waals surface area contributed by atoms with Crippen molar-refractivity contribution < 1.29 is 28.8 Å². The van der Waals surface area contributed by atoms with Gasteiger partial charge in [0.2, 0.25) is 29.5 Å². The van der Waals surface area contributed by atoms with E-state index in [1.807, 2.05) is 0 Å². The first kappa shape index (κ1) is 38.1. The van der Waals surface area contributed by atoms with Crippen molar-refractivity contribution >= 4 is 35.8 Å². The number of aldehydes is 1. The molecule has 12 N–H and O–H groups in total. The van der Waals surface area contributed by atoms with E-state index in [4.69, 9.17) is 22.9 Å². The van der Waals surface area contributed by atoms with Gasteiger partial charge in [0, 0.05) is 6.42 Å². The SMILES string of the molecule is CC(C)[C@H](N)C(=O)N[C@@H](CCCCN)C(=O)N[C@@H](Cc1ccccc1)C(=O)N[C@@H](CC(N)=O)C(=O)N[C@H](C=O)CCCCN. The molecule has 1 aromatic rings. The minimum Gasteiger partial charge on any atom is -0.370 e. The Morgan fingerprint density at radius 3 is 1.80 bits per heavy atom. The molecule has 5 atom stereocenters. The topological polar surface area (TPSA) is 255 Å². The highest BCUT2D eigenvalue weighted by Crippen LogP contribution is 2.09. The zero-order valence-electron chi connectivity index (χ0n) is 25.8. The summed E-state index contributed by atoms with van der Waals surface area (Å²) >= 11 is 0. The molecule has 0 saturated carbocycles. The fraction of sp³-hybridized carbons (Fsp3) is 0.600. The average Bonchev–Trinajstić information content (AvgIpc) is 2.99.